The van der Waals surface area contributed by atoms with E-state index in [0.29, 0.717) is 17.5 Å². The number of hydrogen-bond donors (Lipinski definition) is 2. The van der Waals surface area contributed by atoms with Gasteiger partial charge in [-0.05, 0) is 36.6 Å². The van der Waals surface area contributed by atoms with Gasteiger partial charge in [0.1, 0.15) is 0 Å². The Hall–Kier alpha value is -2.50. The molecule has 1 fully saturated rings. The first kappa shape index (κ1) is 16.9. The first-order valence-electron chi connectivity index (χ1n) is 7.66. The SMILES string of the molecule is COc1cc(/C=C/C(=O)NC2CCCC2)ccc1OCC(N)=O. The molecule has 0 radical (unpaired) electrons. The van der Waals surface area contributed by atoms with E-state index >= 15 is 0 Å². The average molecular weight is 318 g/mol. The second kappa shape index (κ2) is 8.22. The second-order valence-corrected chi connectivity index (χ2v) is 5.49. The molecule has 3 N–H and O–H groups in total. The van der Waals surface area contributed by atoms with Gasteiger partial charge in [0, 0.05) is 12.1 Å². The molecule has 2 rings (SSSR count). The van der Waals surface area contributed by atoms with Crippen LogP contribution < -0.4 is 20.5 Å². The molecule has 1 saturated carbocycles. The molecule has 6 heteroatoms. The fraction of sp³-hybridized carbons (Fsp3) is 0.412. The van der Waals surface area contributed by atoms with Gasteiger partial charge in [0.15, 0.2) is 18.1 Å². The fourth-order valence-corrected chi connectivity index (χ4v) is 2.55. The fourth-order valence-electron chi connectivity index (χ4n) is 2.55. The van der Waals surface area contributed by atoms with Gasteiger partial charge in [0.05, 0.1) is 7.11 Å². The number of rotatable bonds is 7. The summed E-state index contributed by atoms with van der Waals surface area (Å²) < 4.78 is 10.5. The Morgan fingerprint density at radius 2 is 2.04 bits per heavy atom. The zero-order chi connectivity index (χ0) is 16.7. The normalized spacial score (nSPS) is 14.8. The molecule has 0 atom stereocenters. The summed E-state index contributed by atoms with van der Waals surface area (Å²) in [4.78, 5) is 22.6. The van der Waals surface area contributed by atoms with Crippen molar-refractivity contribution in [3.8, 4) is 11.5 Å². The molecule has 1 aromatic rings. The van der Waals surface area contributed by atoms with Gasteiger partial charge in [-0.3, -0.25) is 9.59 Å². The Balaban J connectivity index is 1.97. The lowest BCUT2D eigenvalue weighted by atomic mass is 10.2. The number of nitrogens with one attached hydrogen (secondary N) is 1. The molecule has 2 amide bonds. The third-order valence-electron chi connectivity index (χ3n) is 3.69. The summed E-state index contributed by atoms with van der Waals surface area (Å²) in [6, 6.07) is 5.48. The number of methoxy groups -OCH3 is 1. The molecule has 124 valence electrons. The van der Waals surface area contributed by atoms with E-state index in [9.17, 15) is 9.59 Å². The molecule has 0 spiro atoms. The predicted molar refractivity (Wildman–Crippen MR) is 87.1 cm³/mol. The summed E-state index contributed by atoms with van der Waals surface area (Å²) in [6.45, 7) is -0.213. The van der Waals surface area contributed by atoms with Gasteiger partial charge in [0.2, 0.25) is 5.91 Å². The van der Waals surface area contributed by atoms with Crippen LogP contribution in [0.3, 0.4) is 0 Å². The zero-order valence-corrected chi connectivity index (χ0v) is 13.2. The number of carbonyl (C=O) groups excluding carboxylic acids is 2. The highest BCUT2D eigenvalue weighted by Gasteiger charge is 2.15. The summed E-state index contributed by atoms with van der Waals surface area (Å²) in [6.07, 6.45) is 7.69. The number of primary amides is 1. The molecular weight excluding hydrogens is 296 g/mol. The largest absolute Gasteiger partial charge is 0.493 e. The summed E-state index contributed by atoms with van der Waals surface area (Å²) in [5.41, 5.74) is 5.85. The van der Waals surface area contributed by atoms with Crippen molar-refractivity contribution in [3.63, 3.8) is 0 Å². The van der Waals surface area contributed by atoms with Crippen LogP contribution in [0.25, 0.3) is 6.08 Å². The lowest BCUT2D eigenvalue weighted by Crippen LogP contribution is -2.30. The van der Waals surface area contributed by atoms with Crippen molar-refractivity contribution < 1.29 is 19.1 Å². The van der Waals surface area contributed by atoms with Gasteiger partial charge in [0.25, 0.3) is 5.91 Å². The van der Waals surface area contributed by atoms with E-state index in [4.69, 9.17) is 15.2 Å². The predicted octanol–water partition coefficient (Wildman–Crippen LogP) is 1.63. The van der Waals surface area contributed by atoms with Crippen LogP contribution in [0.15, 0.2) is 24.3 Å². The highest BCUT2D eigenvalue weighted by Crippen LogP contribution is 2.28. The molecule has 1 aliphatic carbocycles. The smallest absolute Gasteiger partial charge is 0.255 e. The van der Waals surface area contributed by atoms with Crippen LogP contribution in [0.4, 0.5) is 0 Å². The first-order chi connectivity index (χ1) is 11.1. The van der Waals surface area contributed by atoms with Gasteiger partial charge in [-0.1, -0.05) is 18.9 Å². The Labute approximate surface area is 135 Å². The molecule has 0 saturated heterocycles. The molecule has 23 heavy (non-hydrogen) atoms. The number of ether oxygens (including phenoxy) is 2. The van der Waals surface area contributed by atoms with Gasteiger partial charge in [-0.2, -0.15) is 0 Å². The Bertz CT molecular complexity index is 592. The lowest BCUT2D eigenvalue weighted by Gasteiger charge is -2.10. The summed E-state index contributed by atoms with van der Waals surface area (Å²) in [5.74, 6) is 0.257. The van der Waals surface area contributed by atoms with Crippen LogP contribution in [-0.4, -0.2) is 31.6 Å². The summed E-state index contributed by atoms with van der Waals surface area (Å²) >= 11 is 0. The van der Waals surface area contributed by atoms with E-state index in [1.807, 2.05) is 0 Å². The van der Waals surface area contributed by atoms with E-state index < -0.39 is 5.91 Å². The average Bonchev–Trinajstić information content (AvgIpc) is 3.04. The minimum Gasteiger partial charge on any atom is -0.493 e. The van der Waals surface area contributed by atoms with Crippen molar-refractivity contribution in [2.75, 3.05) is 13.7 Å². The maximum absolute atomic E-state index is 11.9. The van der Waals surface area contributed by atoms with E-state index in [2.05, 4.69) is 5.32 Å². The zero-order valence-electron chi connectivity index (χ0n) is 13.2. The van der Waals surface area contributed by atoms with Crippen molar-refractivity contribution >= 4 is 17.9 Å². The van der Waals surface area contributed by atoms with Crippen LogP contribution in [0, 0.1) is 0 Å². The second-order valence-electron chi connectivity index (χ2n) is 5.49. The van der Waals surface area contributed by atoms with Crippen LogP contribution >= 0.6 is 0 Å². The standard InChI is InChI=1S/C17H22N2O4/c1-22-15-10-12(6-8-14(15)23-11-16(18)20)7-9-17(21)19-13-4-2-3-5-13/h6-10,13H,2-5,11H2,1H3,(H2,18,20)(H,19,21)/b9-7+. The van der Waals surface area contributed by atoms with Gasteiger partial charge in [-0.15, -0.1) is 0 Å². The molecule has 6 nitrogen and oxygen atoms in total. The third-order valence-corrected chi connectivity index (χ3v) is 3.69. The number of nitrogens with two attached hydrogens (primary N) is 1. The molecule has 0 unspecified atom stereocenters. The highest BCUT2D eigenvalue weighted by molar-refractivity contribution is 5.92. The van der Waals surface area contributed by atoms with Crippen molar-refractivity contribution in [1.29, 1.82) is 0 Å². The Kier molecular flexibility index (Phi) is 6.02. The van der Waals surface area contributed by atoms with Gasteiger partial charge < -0.3 is 20.5 Å². The van der Waals surface area contributed by atoms with Gasteiger partial charge in [-0.25, -0.2) is 0 Å². The lowest BCUT2D eigenvalue weighted by molar-refractivity contribution is -0.120. The number of carbonyl (C=O) groups is 2. The Morgan fingerprint density at radius 3 is 2.70 bits per heavy atom. The molecule has 0 aromatic heterocycles. The maximum atomic E-state index is 11.9. The number of benzene rings is 1. The highest BCUT2D eigenvalue weighted by atomic mass is 16.5. The topological polar surface area (TPSA) is 90.7 Å². The molecule has 1 aliphatic rings. The van der Waals surface area contributed by atoms with Crippen LogP contribution in [0.1, 0.15) is 31.2 Å². The van der Waals surface area contributed by atoms with Crippen molar-refractivity contribution in [3.05, 3.63) is 29.8 Å². The minimum absolute atomic E-state index is 0.0927. The van der Waals surface area contributed by atoms with E-state index in [0.717, 1.165) is 18.4 Å². The van der Waals surface area contributed by atoms with Crippen molar-refractivity contribution in [2.45, 2.75) is 31.7 Å². The van der Waals surface area contributed by atoms with Gasteiger partial charge >= 0.3 is 0 Å². The molecule has 0 bridgehead atoms. The van der Waals surface area contributed by atoms with E-state index in [-0.39, 0.29) is 12.5 Å². The monoisotopic (exact) mass is 318 g/mol. The van der Waals surface area contributed by atoms with Crippen LogP contribution in [0.5, 0.6) is 11.5 Å². The quantitative estimate of drug-likeness (QED) is 0.748. The van der Waals surface area contributed by atoms with Crippen LogP contribution in [0.2, 0.25) is 0 Å². The minimum atomic E-state index is -0.556. The molecular formula is C17H22N2O4. The van der Waals surface area contributed by atoms with E-state index in [1.165, 1.54) is 26.0 Å². The maximum Gasteiger partial charge on any atom is 0.255 e. The Morgan fingerprint density at radius 1 is 1.30 bits per heavy atom. The molecule has 1 aromatic carbocycles. The first-order valence-corrected chi connectivity index (χ1v) is 7.66. The third kappa shape index (κ3) is 5.32. The number of amides is 2. The van der Waals surface area contributed by atoms with Crippen molar-refractivity contribution in [1.82, 2.24) is 5.32 Å². The van der Waals surface area contributed by atoms with Crippen molar-refractivity contribution in [2.24, 2.45) is 5.73 Å². The molecule has 0 aliphatic heterocycles. The number of hydrogen-bond acceptors (Lipinski definition) is 4. The molecule has 0 heterocycles. The summed E-state index contributed by atoms with van der Waals surface area (Å²) in [7, 11) is 1.51. The summed E-state index contributed by atoms with van der Waals surface area (Å²) in [5, 5.41) is 2.99. The van der Waals surface area contributed by atoms with E-state index in [1.54, 1.807) is 24.3 Å². The van der Waals surface area contributed by atoms with Crippen LogP contribution in [-0.2, 0) is 9.59 Å².